The lowest BCUT2D eigenvalue weighted by Crippen LogP contribution is -2.43. The van der Waals surface area contributed by atoms with E-state index in [1.807, 2.05) is 0 Å². The summed E-state index contributed by atoms with van der Waals surface area (Å²) >= 11 is 0. The van der Waals surface area contributed by atoms with Gasteiger partial charge in [-0.3, -0.25) is 0 Å². The Morgan fingerprint density at radius 3 is 0.875 bits per heavy atom. The Hall–Kier alpha value is -6.24. The maximum absolute atomic E-state index is 2.65. The Morgan fingerprint density at radius 2 is 0.554 bits per heavy atom. The van der Waals surface area contributed by atoms with E-state index in [9.17, 15) is 0 Å². The van der Waals surface area contributed by atoms with Crippen LogP contribution in [-0.4, -0.2) is 0 Å². The average molecular weight is 715 g/mol. The maximum Gasteiger partial charge on any atom is 0.0720 e. The first-order chi connectivity index (χ1) is 27.4. The standard InChI is InChI=1S/C56H42/c1-33(2)35-25-27-37-43(29-35)44-30-36(34(3)4)26-28-38(44)46-32-54-53(31-45(37)46)55(47-19-9-5-15-39(47)40-16-6-10-20-48(40)55)51-23-13-14-24-52(51)56(54)49-21-11-7-17-41(49)42-18-8-12-22-50(42)56/h5-34H,1-4H3. The van der Waals surface area contributed by atoms with Gasteiger partial charge in [0, 0.05) is 0 Å². The van der Waals surface area contributed by atoms with Crippen LogP contribution in [0.3, 0.4) is 0 Å². The fraction of sp³-hybridized carbons (Fsp3) is 0.143. The van der Waals surface area contributed by atoms with Crippen LogP contribution in [-0.2, 0) is 10.8 Å². The molecule has 0 heteroatoms. The highest BCUT2D eigenvalue weighted by Crippen LogP contribution is 2.68. The summed E-state index contributed by atoms with van der Waals surface area (Å²) in [7, 11) is 0. The summed E-state index contributed by atoms with van der Waals surface area (Å²) in [6, 6.07) is 66.2. The molecule has 0 saturated heterocycles. The fourth-order valence-corrected chi connectivity index (χ4v) is 11.5. The normalized spacial score (nSPS) is 15.0. The quantitative estimate of drug-likeness (QED) is 0.156. The fourth-order valence-electron chi connectivity index (χ4n) is 11.5. The summed E-state index contributed by atoms with van der Waals surface area (Å²) in [6.45, 7) is 9.25. The molecule has 3 aliphatic carbocycles. The Labute approximate surface area is 329 Å². The highest BCUT2D eigenvalue weighted by molar-refractivity contribution is 6.26. The zero-order valence-corrected chi connectivity index (χ0v) is 32.3. The van der Waals surface area contributed by atoms with Gasteiger partial charge in [0.2, 0.25) is 0 Å². The number of hydrogen-bond donors (Lipinski definition) is 0. The Balaban J connectivity index is 1.36. The molecule has 0 heterocycles. The maximum atomic E-state index is 2.65. The lowest BCUT2D eigenvalue weighted by molar-refractivity contribution is 0.634. The van der Waals surface area contributed by atoms with E-state index in [-0.39, 0.29) is 0 Å². The van der Waals surface area contributed by atoms with Gasteiger partial charge in [0.15, 0.2) is 0 Å². The summed E-state index contributed by atoms with van der Waals surface area (Å²) in [5, 5.41) is 8.02. The molecule has 2 spiro atoms. The van der Waals surface area contributed by atoms with Gasteiger partial charge < -0.3 is 0 Å². The molecule has 9 aromatic rings. The first-order valence-electron chi connectivity index (χ1n) is 20.4. The van der Waals surface area contributed by atoms with Gasteiger partial charge in [-0.1, -0.05) is 185 Å². The van der Waals surface area contributed by atoms with Crippen LogP contribution in [0.5, 0.6) is 0 Å². The largest absolute Gasteiger partial charge is 0.0720 e. The van der Waals surface area contributed by atoms with E-state index >= 15 is 0 Å². The van der Waals surface area contributed by atoms with Crippen LogP contribution in [0.2, 0.25) is 0 Å². The third kappa shape index (κ3) is 3.76. The van der Waals surface area contributed by atoms with Crippen LogP contribution in [0.25, 0.3) is 54.6 Å². The molecular formula is C56H42. The van der Waals surface area contributed by atoms with Gasteiger partial charge in [-0.15, -0.1) is 0 Å². The molecule has 0 unspecified atom stereocenters. The number of rotatable bonds is 2. The molecule has 0 aliphatic heterocycles. The summed E-state index contributed by atoms with van der Waals surface area (Å²) in [6.07, 6.45) is 0. The minimum atomic E-state index is -0.508. The molecule has 0 bridgehead atoms. The average Bonchev–Trinajstić information content (AvgIpc) is 3.71. The SMILES string of the molecule is CC(C)c1ccc2c(c1)c1cc(C(C)C)ccc1c1cc3c(cc21)C1(c2ccccc2-c2ccccc21)c1ccccc1C31c2ccccc2-c2ccccc21. The van der Waals surface area contributed by atoms with Crippen molar-refractivity contribution in [2.45, 2.75) is 50.4 Å². The van der Waals surface area contributed by atoms with E-state index in [0.29, 0.717) is 11.8 Å². The molecule has 0 saturated carbocycles. The molecule has 3 aliphatic rings. The molecule has 0 aromatic heterocycles. The highest BCUT2D eigenvalue weighted by atomic mass is 14.6. The van der Waals surface area contributed by atoms with E-state index in [4.69, 9.17) is 0 Å². The zero-order chi connectivity index (χ0) is 37.5. The van der Waals surface area contributed by atoms with E-state index in [0.717, 1.165) is 0 Å². The summed E-state index contributed by atoms with van der Waals surface area (Å²) in [5.74, 6) is 0.881. The van der Waals surface area contributed by atoms with Gasteiger partial charge in [0.25, 0.3) is 0 Å². The van der Waals surface area contributed by atoms with Crippen molar-refractivity contribution >= 4 is 32.3 Å². The van der Waals surface area contributed by atoms with Gasteiger partial charge in [0.1, 0.15) is 0 Å². The molecule has 266 valence electrons. The molecule has 0 atom stereocenters. The van der Waals surface area contributed by atoms with Crippen molar-refractivity contribution in [3.05, 3.63) is 225 Å². The van der Waals surface area contributed by atoms with Gasteiger partial charge >= 0.3 is 0 Å². The topological polar surface area (TPSA) is 0 Å². The highest BCUT2D eigenvalue weighted by Gasteiger charge is 2.59. The van der Waals surface area contributed by atoms with Crippen LogP contribution in [0.1, 0.15) is 95.2 Å². The number of benzene rings is 9. The molecule has 0 amide bonds. The first kappa shape index (κ1) is 32.0. The van der Waals surface area contributed by atoms with E-state index < -0.39 is 10.8 Å². The van der Waals surface area contributed by atoms with Gasteiger partial charge in [-0.25, -0.2) is 0 Å². The van der Waals surface area contributed by atoms with Crippen molar-refractivity contribution in [1.82, 2.24) is 0 Å². The second-order valence-corrected chi connectivity index (χ2v) is 17.1. The van der Waals surface area contributed by atoms with Crippen molar-refractivity contribution in [3.8, 4) is 22.3 Å². The molecule has 9 aromatic carbocycles. The summed E-state index contributed by atoms with van der Waals surface area (Å²) in [5.41, 5.74) is 18.1. The smallest absolute Gasteiger partial charge is 0.0619 e. The number of fused-ring (bicyclic) bond motifs is 22. The van der Waals surface area contributed by atoms with Crippen molar-refractivity contribution in [2.75, 3.05) is 0 Å². The molecular weight excluding hydrogens is 673 g/mol. The van der Waals surface area contributed by atoms with Crippen LogP contribution >= 0.6 is 0 Å². The lowest BCUT2D eigenvalue weighted by atomic mass is 9.52. The van der Waals surface area contributed by atoms with Crippen LogP contribution in [0.15, 0.2) is 170 Å². The van der Waals surface area contributed by atoms with Gasteiger partial charge in [-0.2, -0.15) is 0 Å². The van der Waals surface area contributed by atoms with E-state index in [1.165, 1.54) is 110 Å². The predicted molar refractivity (Wildman–Crippen MR) is 235 cm³/mol. The predicted octanol–water partition coefficient (Wildman–Crippen LogP) is 14.4. The Kier molecular flexibility index (Phi) is 6.40. The number of hydrogen-bond acceptors (Lipinski definition) is 0. The molecule has 0 N–H and O–H groups in total. The third-order valence-electron chi connectivity index (χ3n) is 13.9. The second kappa shape index (κ2) is 11.2. The molecule has 56 heavy (non-hydrogen) atoms. The van der Waals surface area contributed by atoms with Crippen molar-refractivity contribution in [3.63, 3.8) is 0 Å². The molecule has 0 radical (unpaired) electrons. The van der Waals surface area contributed by atoms with Crippen molar-refractivity contribution in [1.29, 1.82) is 0 Å². The second-order valence-electron chi connectivity index (χ2n) is 17.1. The molecule has 0 nitrogen and oxygen atoms in total. The molecule has 12 rings (SSSR count). The monoisotopic (exact) mass is 714 g/mol. The molecule has 0 fully saturated rings. The summed E-state index contributed by atoms with van der Waals surface area (Å²) < 4.78 is 0. The van der Waals surface area contributed by atoms with Gasteiger partial charge in [0.05, 0.1) is 10.8 Å². The Bertz CT molecular complexity index is 2850. The van der Waals surface area contributed by atoms with Crippen LogP contribution in [0, 0.1) is 0 Å². The Morgan fingerprint density at radius 1 is 0.268 bits per heavy atom. The lowest BCUT2D eigenvalue weighted by Gasteiger charge is -2.49. The van der Waals surface area contributed by atoms with Crippen molar-refractivity contribution < 1.29 is 0 Å². The minimum Gasteiger partial charge on any atom is -0.0619 e. The third-order valence-corrected chi connectivity index (χ3v) is 13.9. The summed E-state index contributed by atoms with van der Waals surface area (Å²) in [4.78, 5) is 0. The van der Waals surface area contributed by atoms with Crippen LogP contribution in [0.4, 0.5) is 0 Å². The van der Waals surface area contributed by atoms with Crippen LogP contribution < -0.4 is 0 Å². The van der Waals surface area contributed by atoms with E-state index in [1.54, 1.807) is 0 Å². The van der Waals surface area contributed by atoms with Gasteiger partial charge in [-0.05, 0) is 134 Å². The zero-order valence-electron chi connectivity index (χ0n) is 32.3. The van der Waals surface area contributed by atoms with E-state index in [2.05, 4.69) is 198 Å². The first-order valence-corrected chi connectivity index (χ1v) is 20.4. The van der Waals surface area contributed by atoms with Crippen molar-refractivity contribution in [2.24, 2.45) is 0 Å². The minimum absolute atomic E-state index is 0.440.